The highest BCUT2D eigenvalue weighted by Crippen LogP contribution is 2.41. The molecule has 1 aliphatic heterocycles. The highest BCUT2D eigenvalue weighted by Gasteiger charge is 2.42. The molecule has 3 heteroatoms. The van der Waals surface area contributed by atoms with Crippen molar-refractivity contribution in [1.82, 2.24) is 10.6 Å². The van der Waals surface area contributed by atoms with Gasteiger partial charge in [0.25, 0.3) is 0 Å². The van der Waals surface area contributed by atoms with E-state index in [9.17, 15) is 4.79 Å². The van der Waals surface area contributed by atoms with Gasteiger partial charge in [-0.3, -0.25) is 4.79 Å². The van der Waals surface area contributed by atoms with Gasteiger partial charge in [-0.1, -0.05) is 42.7 Å². The summed E-state index contributed by atoms with van der Waals surface area (Å²) in [5.74, 6) is 0.986. The maximum Gasteiger partial charge on any atom is 0.230 e. The van der Waals surface area contributed by atoms with Gasteiger partial charge in [-0.15, -0.1) is 0 Å². The maximum atomic E-state index is 12.9. The molecule has 22 heavy (non-hydrogen) atoms. The molecular formula is C19H28N2O. The molecule has 1 heterocycles. The van der Waals surface area contributed by atoms with Crippen LogP contribution in [0.1, 0.15) is 49.7 Å². The Morgan fingerprint density at radius 1 is 1.36 bits per heavy atom. The molecule has 0 spiro atoms. The fraction of sp³-hybridized carbons (Fsp3) is 0.632. The van der Waals surface area contributed by atoms with Crippen LogP contribution in [0.3, 0.4) is 0 Å². The minimum atomic E-state index is -0.278. The van der Waals surface area contributed by atoms with Crippen LogP contribution in [0.4, 0.5) is 0 Å². The fourth-order valence-electron chi connectivity index (χ4n) is 4.09. The zero-order valence-corrected chi connectivity index (χ0v) is 13.7. The van der Waals surface area contributed by atoms with Crippen molar-refractivity contribution in [3.05, 3.63) is 35.4 Å². The normalized spacial score (nSPS) is 23.6. The SMILES string of the molecule is Cc1cccc(C2(C(=O)NCCC3CCNC3)CCCC2)c1. The Morgan fingerprint density at radius 2 is 2.18 bits per heavy atom. The number of amides is 1. The maximum absolute atomic E-state index is 12.9. The topological polar surface area (TPSA) is 41.1 Å². The van der Waals surface area contributed by atoms with Crippen molar-refractivity contribution in [2.75, 3.05) is 19.6 Å². The summed E-state index contributed by atoms with van der Waals surface area (Å²) in [6.45, 7) is 5.17. The van der Waals surface area contributed by atoms with Crippen LogP contribution in [0, 0.1) is 12.8 Å². The number of aryl methyl sites for hydroxylation is 1. The van der Waals surface area contributed by atoms with Crippen LogP contribution in [0.2, 0.25) is 0 Å². The van der Waals surface area contributed by atoms with E-state index < -0.39 is 0 Å². The lowest BCUT2D eigenvalue weighted by Gasteiger charge is -2.29. The Balaban J connectivity index is 1.66. The van der Waals surface area contributed by atoms with Crippen LogP contribution in [-0.2, 0) is 10.2 Å². The van der Waals surface area contributed by atoms with Gasteiger partial charge in [-0.25, -0.2) is 0 Å². The third-order valence-electron chi connectivity index (χ3n) is 5.46. The van der Waals surface area contributed by atoms with Crippen molar-refractivity contribution in [2.45, 2.75) is 50.9 Å². The van der Waals surface area contributed by atoms with Gasteiger partial charge in [-0.2, -0.15) is 0 Å². The monoisotopic (exact) mass is 300 g/mol. The molecule has 0 aromatic heterocycles. The van der Waals surface area contributed by atoms with Crippen molar-refractivity contribution >= 4 is 5.91 Å². The summed E-state index contributed by atoms with van der Waals surface area (Å²) in [5.41, 5.74) is 2.18. The minimum absolute atomic E-state index is 0.251. The molecule has 1 aromatic rings. The molecule has 3 nitrogen and oxygen atoms in total. The number of carbonyl (C=O) groups is 1. The van der Waals surface area contributed by atoms with Crippen molar-refractivity contribution in [3.63, 3.8) is 0 Å². The Labute approximate surface area is 133 Å². The van der Waals surface area contributed by atoms with Crippen LogP contribution < -0.4 is 10.6 Å². The molecule has 1 atom stereocenters. The highest BCUT2D eigenvalue weighted by molar-refractivity contribution is 5.88. The average Bonchev–Trinajstić information content (AvgIpc) is 3.19. The summed E-state index contributed by atoms with van der Waals surface area (Å²) in [6.07, 6.45) is 6.66. The van der Waals surface area contributed by atoms with Crippen molar-refractivity contribution in [2.24, 2.45) is 5.92 Å². The predicted molar refractivity (Wildman–Crippen MR) is 89.9 cm³/mol. The Bertz CT molecular complexity index is 514. The first-order chi connectivity index (χ1) is 10.7. The molecule has 1 amide bonds. The predicted octanol–water partition coefficient (Wildman–Crippen LogP) is 2.92. The van der Waals surface area contributed by atoms with Gasteiger partial charge in [-0.05, 0) is 57.2 Å². The first-order valence-corrected chi connectivity index (χ1v) is 8.77. The van der Waals surface area contributed by atoms with Gasteiger partial charge in [0.15, 0.2) is 0 Å². The molecule has 2 aliphatic rings. The molecule has 1 saturated carbocycles. The van der Waals surface area contributed by atoms with Gasteiger partial charge in [0.1, 0.15) is 0 Å². The molecule has 1 unspecified atom stereocenters. The van der Waals surface area contributed by atoms with Gasteiger partial charge >= 0.3 is 0 Å². The zero-order valence-electron chi connectivity index (χ0n) is 13.7. The summed E-state index contributed by atoms with van der Waals surface area (Å²) in [7, 11) is 0. The van der Waals surface area contributed by atoms with E-state index in [0.717, 1.165) is 57.7 Å². The second-order valence-electron chi connectivity index (χ2n) is 7.06. The van der Waals surface area contributed by atoms with E-state index in [0.29, 0.717) is 0 Å². The minimum Gasteiger partial charge on any atom is -0.355 e. The average molecular weight is 300 g/mol. The lowest BCUT2D eigenvalue weighted by molar-refractivity contribution is -0.126. The first kappa shape index (κ1) is 15.5. The van der Waals surface area contributed by atoms with Crippen LogP contribution in [0.15, 0.2) is 24.3 Å². The quantitative estimate of drug-likeness (QED) is 0.878. The molecular weight excluding hydrogens is 272 g/mol. The molecule has 0 bridgehead atoms. The molecule has 1 aliphatic carbocycles. The second-order valence-corrected chi connectivity index (χ2v) is 7.06. The summed E-state index contributed by atoms with van der Waals surface area (Å²) in [6, 6.07) is 8.53. The molecule has 120 valence electrons. The van der Waals surface area contributed by atoms with E-state index in [1.54, 1.807) is 0 Å². The Morgan fingerprint density at radius 3 is 2.86 bits per heavy atom. The number of hydrogen-bond acceptors (Lipinski definition) is 2. The third-order valence-corrected chi connectivity index (χ3v) is 5.46. The lowest BCUT2D eigenvalue weighted by atomic mass is 9.77. The molecule has 1 saturated heterocycles. The van der Waals surface area contributed by atoms with Gasteiger partial charge < -0.3 is 10.6 Å². The summed E-state index contributed by atoms with van der Waals surface area (Å²) >= 11 is 0. The largest absolute Gasteiger partial charge is 0.355 e. The Hall–Kier alpha value is -1.35. The summed E-state index contributed by atoms with van der Waals surface area (Å²) in [5, 5.41) is 6.64. The van der Waals surface area contributed by atoms with Crippen LogP contribution in [-0.4, -0.2) is 25.5 Å². The first-order valence-electron chi connectivity index (χ1n) is 8.77. The van der Waals surface area contributed by atoms with Crippen molar-refractivity contribution < 1.29 is 4.79 Å². The van der Waals surface area contributed by atoms with Gasteiger partial charge in [0.05, 0.1) is 5.41 Å². The fourth-order valence-corrected chi connectivity index (χ4v) is 4.09. The van der Waals surface area contributed by atoms with Crippen LogP contribution in [0.25, 0.3) is 0 Å². The number of benzene rings is 1. The van der Waals surface area contributed by atoms with E-state index in [4.69, 9.17) is 0 Å². The van der Waals surface area contributed by atoms with Crippen LogP contribution >= 0.6 is 0 Å². The number of rotatable bonds is 5. The van der Waals surface area contributed by atoms with E-state index >= 15 is 0 Å². The number of nitrogens with one attached hydrogen (secondary N) is 2. The van der Waals surface area contributed by atoms with E-state index in [2.05, 4.69) is 41.8 Å². The highest BCUT2D eigenvalue weighted by atomic mass is 16.2. The van der Waals surface area contributed by atoms with Crippen molar-refractivity contribution in [3.8, 4) is 0 Å². The van der Waals surface area contributed by atoms with Crippen LogP contribution in [0.5, 0.6) is 0 Å². The van der Waals surface area contributed by atoms with E-state index in [1.807, 2.05) is 0 Å². The number of carbonyl (C=O) groups excluding carboxylic acids is 1. The zero-order chi connectivity index (χ0) is 15.4. The third kappa shape index (κ3) is 3.19. The second kappa shape index (κ2) is 6.82. The summed E-state index contributed by atoms with van der Waals surface area (Å²) in [4.78, 5) is 12.9. The molecule has 3 rings (SSSR count). The smallest absolute Gasteiger partial charge is 0.230 e. The number of hydrogen-bond donors (Lipinski definition) is 2. The standard InChI is InChI=1S/C19H28N2O/c1-15-5-4-6-17(13-15)19(9-2-3-10-19)18(22)21-12-8-16-7-11-20-14-16/h4-6,13,16,20H,2-3,7-12,14H2,1H3,(H,21,22). The van der Waals surface area contributed by atoms with Crippen molar-refractivity contribution in [1.29, 1.82) is 0 Å². The molecule has 2 N–H and O–H groups in total. The molecule has 1 aromatic carbocycles. The summed E-state index contributed by atoms with van der Waals surface area (Å²) < 4.78 is 0. The molecule has 0 radical (unpaired) electrons. The van der Waals surface area contributed by atoms with E-state index in [-0.39, 0.29) is 11.3 Å². The molecule has 2 fully saturated rings. The van der Waals surface area contributed by atoms with Gasteiger partial charge in [0.2, 0.25) is 5.91 Å². The lowest BCUT2D eigenvalue weighted by Crippen LogP contribution is -2.43. The van der Waals surface area contributed by atoms with Gasteiger partial charge in [0, 0.05) is 6.54 Å². The van der Waals surface area contributed by atoms with E-state index in [1.165, 1.54) is 17.5 Å². The Kier molecular flexibility index (Phi) is 4.82.